The molecule has 0 unspecified atom stereocenters. The first-order chi connectivity index (χ1) is 24.8. The van der Waals surface area contributed by atoms with Crippen molar-refractivity contribution in [3.8, 4) is 44.8 Å². The van der Waals surface area contributed by atoms with Crippen LogP contribution < -0.4 is 0 Å². The summed E-state index contributed by atoms with van der Waals surface area (Å²) in [6, 6.07) is 71.8. The van der Waals surface area contributed by atoms with Gasteiger partial charge in [-0.3, -0.25) is 0 Å². The second-order valence-electron chi connectivity index (χ2n) is 12.8. The SMILES string of the molecule is c1cccc(-n2c3ccccc3c3cc(-c4ccc(-c5ccc(-c6ccc7c(c6)c6ccccc6n7-c6ccccc6)cc5)cc4)ccc32)c#1. The van der Waals surface area contributed by atoms with Crippen molar-refractivity contribution in [2.45, 2.75) is 0 Å². The molecule has 232 valence electrons. The van der Waals surface area contributed by atoms with E-state index in [0.717, 1.165) is 5.69 Å². The van der Waals surface area contributed by atoms with Crippen LogP contribution in [0, 0.1) is 12.1 Å². The van der Waals surface area contributed by atoms with Gasteiger partial charge in [-0.1, -0.05) is 127 Å². The molecule has 2 heteroatoms. The van der Waals surface area contributed by atoms with E-state index < -0.39 is 0 Å². The highest BCUT2D eigenvalue weighted by atomic mass is 15.0. The summed E-state index contributed by atoms with van der Waals surface area (Å²) in [4.78, 5) is 0. The lowest BCUT2D eigenvalue weighted by molar-refractivity contribution is 1.18. The minimum atomic E-state index is 0.998. The summed E-state index contributed by atoms with van der Waals surface area (Å²) in [5, 5.41) is 5.00. The summed E-state index contributed by atoms with van der Waals surface area (Å²) in [7, 11) is 0. The molecule has 2 heterocycles. The van der Waals surface area contributed by atoms with Crippen molar-refractivity contribution in [2.75, 3.05) is 0 Å². The molecule has 10 rings (SSSR count). The molecule has 0 saturated heterocycles. The normalized spacial score (nSPS) is 11.4. The van der Waals surface area contributed by atoms with Crippen LogP contribution in [-0.4, -0.2) is 9.13 Å². The molecule has 0 radical (unpaired) electrons. The minimum Gasteiger partial charge on any atom is -0.309 e. The number of hydrogen-bond acceptors (Lipinski definition) is 0. The van der Waals surface area contributed by atoms with E-state index in [9.17, 15) is 0 Å². The highest BCUT2D eigenvalue weighted by Crippen LogP contribution is 2.37. The Kier molecular flexibility index (Phi) is 6.44. The molecule has 0 spiro atoms. The fraction of sp³-hybridized carbons (Fsp3) is 0. The molecule has 0 aliphatic carbocycles. The average Bonchev–Trinajstić information content (AvgIpc) is 3.71. The standard InChI is InChI=1S/C48H30N2/c1-3-11-39(12-4-1)49-45-17-9-7-15-41(45)43-31-37(27-29-47(43)49)35-23-19-33(20-24-35)34-21-25-36(26-22-34)38-28-30-48-44(32-38)42-16-8-10-18-46(42)50(48)40-13-5-2-6-14-40/h1-5,7-13,15-32H. The Labute approximate surface area is 290 Å². The first-order valence-corrected chi connectivity index (χ1v) is 17.0. The fourth-order valence-electron chi connectivity index (χ4n) is 7.61. The molecule has 0 saturated carbocycles. The quantitative estimate of drug-likeness (QED) is 0.178. The number of aromatic nitrogens is 2. The number of fused-ring (bicyclic) bond motifs is 6. The Hall–Kier alpha value is -6.82. The van der Waals surface area contributed by atoms with Crippen molar-refractivity contribution in [1.82, 2.24) is 9.13 Å². The third-order valence-corrected chi connectivity index (χ3v) is 10.0. The van der Waals surface area contributed by atoms with E-state index >= 15 is 0 Å². The molecule has 2 nitrogen and oxygen atoms in total. The Balaban J connectivity index is 0.966. The van der Waals surface area contributed by atoms with Gasteiger partial charge in [0.15, 0.2) is 0 Å². The van der Waals surface area contributed by atoms with E-state index in [4.69, 9.17) is 0 Å². The van der Waals surface area contributed by atoms with Crippen LogP contribution in [0.15, 0.2) is 182 Å². The van der Waals surface area contributed by atoms with Crippen molar-refractivity contribution in [3.05, 3.63) is 194 Å². The molecule has 8 aromatic carbocycles. The van der Waals surface area contributed by atoms with Gasteiger partial charge in [0.2, 0.25) is 0 Å². The molecule has 10 aromatic rings. The Morgan fingerprint density at radius 2 is 0.760 bits per heavy atom. The zero-order valence-electron chi connectivity index (χ0n) is 27.2. The first-order valence-electron chi connectivity index (χ1n) is 17.0. The van der Waals surface area contributed by atoms with Gasteiger partial charge in [-0.25, -0.2) is 0 Å². The summed E-state index contributed by atoms with van der Waals surface area (Å²) < 4.78 is 4.64. The molecular weight excluding hydrogens is 605 g/mol. The molecule has 0 fully saturated rings. The molecule has 0 atom stereocenters. The van der Waals surface area contributed by atoms with Crippen molar-refractivity contribution in [2.24, 2.45) is 0 Å². The van der Waals surface area contributed by atoms with Gasteiger partial charge in [0.05, 0.1) is 27.8 Å². The molecule has 0 bridgehead atoms. The average molecular weight is 635 g/mol. The van der Waals surface area contributed by atoms with Gasteiger partial charge >= 0.3 is 0 Å². The van der Waals surface area contributed by atoms with Gasteiger partial charge in [0.25, 0.3) is 0 Å². The van der Waals surface area contributed by atoms with Crippen molar-refractivity contribution < 1.29 is 0 Å². The van der Waals surface area contributed by atoms with Crippen molar-refractivity contribution in [3.63, 3.8) is 0 Å². The molecule has 50 heavy (non-hydrogen) atoms. The van der Waals surface area contributed by atoms with Crippen LogP contribution >= 0.6 is 0 Å². The second kappa shape index (κ2) is 11.4. The Morgan fingerprint density at radius 3 is 1.30 bits per heavy atom. The van der Waals surface area contributed by atoms with Gasteiger partial charge in [0, 0.05) is 27.2 Å². The number of nitrogens with zero attached hydrogens (tertiary/aromatic N) is 2. The van der Waals surface area contributed by atoms with E-state index in [0.29, 0.717) is 0 Å². The van der Waals surface area contributed by atoms with E-state index in [2.05, 4.69) is 191 Å². The zero-order chi connectivity index (χ0) is 33.0. The number of hydrogen-bond donors (Lipinski definition) is 0. The van der Waals surface area contributed by atoms with Gasteiger partial charge in [0.1, 0.15) is 0 Å². The third kappa shape index (κ3) is 4.53. The number of benzene rings is 7. The third-order valence-electron chi connectivity index (χ3n) is 10.0. The maximum atomic E-state index is 3.29. The smallest absolute Gasteiger partial charge is 0.0973 e. The lowest BCUT2D eigenvalue weighted by Gasteiger charge is -2.09. The van der Waals surface area contributed by atoms with Crippen LogP contribution in [0.5, 0.6) is 0 Å². The van der Waals surface area contributed by atoms with Crippen molar-refractivity contribution in [1.29, 1.82) is 0 Å². The molecule has 0 N–H and O–H groups in total. The monoisotopic (exact) mass is 634 g/mol. The van der Waals surface area contributed by atoms with E-state index in [1.165, 1.54) is 82.7 Å². The van der Waals surface area contributed by atoms with Crippen molar-refractivity contribution >= 4 is 43.6 Å². The largest absolute Gasteiger partial charge is 0.309 e. The van der Waals surface area contributed by atoms with E-state index in [1.807, 2.05) is 12.1 Å². The van der Waals surface area contributed by atoms with E-state index in [-0.39, 0.29) is 0 Å². The molecule has 0 aliphatic rings. The summed E-state index contributed by atoms with van der Waals surface area (Å²) in [5.41, 5.74) is 14.2. The number of rotatable bonds is 5. The van der Waals surface area contributed by atoms with Crippen LogP contribution in [0.2, 0.25) is 0 Å². The van der Waals surface area contributed by atoms with Gasteiger partial charge in [-0.2, -0.15) is 0 Å². The van der Waals surface area contributed by atoms with Gasteiger partial charge in [-0.15, -0.1) is 0 Å². The predicted octanol–water partition coefficient (Wildman–Crippen LogP) is 12.5. The topological polar surface area (TPSA) is 9.86 Å². The highest BCUT2D eigenvalue weighted by Gasteiger charge is 2.15. The first kappa shape index (κ1) is 28.2. The van der Waals surface area contributed by atoms with Crippen LogP contribution in [0.1, 0.15) is 0 Å². The predicted molar refractivity (Wildman–Crippen MR) is 209 cm³/mol. The van der Waals surface area contributed by atoms with Gasteiger partial charge < -0.3 is 9.13 Å². The highest BCUT2D eigenvalue weighted by molar-refractivity contribution is 6.11. The van der Waals surface area contributed by atoms with Crippen LogP contribution in [-0.2, 0) is 0 Å². The molecule has 2 aromatic heterocycles. The molecule has 0 amide bonds. The van der Waals surface area contributed by atoms with Crippen LogP contribution in [0.3, 0.4) is 0 Å². The Bertz CT molecular complexity index is 2620. The summed E-state index contributed by atoms with van der Waals surface area (Å²) >= 11 is 0. The number of para-hydroxylation sites is 3. The summed E-state index contributed by atoms with van der Waals surface area (Å²) in [5.74, 6) is 0. The Morgan fingerprint density at radius 1 is 0.320 bits per heavy atom. The second-order valence-corrected chi connectivity index (χ2v) is 12.8. The maximum absolute atomic E-state index is 3.29. The van der Waals surface area contributed by atoms with E-state index in [1.54, 1.807) is 0 Å². The molecule has 0 aliphatic heterocycles. The minimum absolute atomic E-state index is 0.998. The van der Waals surface area contributed by atoms with Crippen LogP contribution in [0.25, 0.3) is 88.4 Å². The summed E-state index contributed by atoms with van der Waals surface area (Å²) in [6.07, 6.45) is 0. The van der Waals surface area contributed by atoms with Crippen LogP contribution in [0.4, 0.5) is 0 Å². The lowest BCUT2D eigenvalue weighted by atomic mass is 9.97. The zero-order valence-corrected chi connectivity index (χ0v) is 27.2. The molecular formula is C48H30N2. The maximum Gasteiger partial charge on any atom is 0.0973 e. The summed E-state index contributed by atoms with van der Waals surface area (Å²) in [6.45, 7) is 0. The van der Waals surface area contributed by atoms with Gasteiger partial charge in [-0.05, 0) is 100 Å². The fourth-order valence-corrected chi connectivity index (χ4v) is 7.61. The lowest BCUT2D eigenvalue weighted by Crippen LogP contribution is -1.92.